The molecule has 1 N–H and O–H groups in total. The summed E-state index contributed by atoms with van der Waals surface area (Å²) in [6, 6.07) is 17.8. The van der Waals surface area contributed by atoms with Gasteiger partial charge in [0.25, 0.3) is 0 Å². The van der Waals surface area contributed by atoms with Gasteiger partial charge in [-0.05, 0) is 19.1 Å². The topological polar surface area (TPSA) is 65.4 Å². The molecule has 2 aromatic carbocycles. The molecule has 1 unspecified atom stereocenters. The first-order chi connectivity index (χ1) is 14.1. The fourth-order valence-corrected chi connectivity index (χ4v) is 3.83. The first-order valence-corrected chi connectivity index (χ1v) is 10.3. The van der Waals surface area contributed by atoms with E-state index in [1.165, 1.54) is 11.8 Å². The maximum atomic E-state index is 12.3. The Morgan fingerprint density at radius 3 is 2.59 bits per heavy atom. The van der Waals surface area contributed by atoms with Crippen molar-refractivity contribution in [2.24, 2.45) is 0 Å². The molecule has 1 atom stereocenters. The van der Waals surface area contributed by atoms with Crippen LogP contribution in [0.4, 0.5) is 0 Å². The highest BCUT2D eigenvalue weighted by atomic mass is 32.2. The number of carbonyl (C=O) groups is 1. The van der Waals surface area contributed by atoms with Gasteiger partial charge in [0.1, 0.15) is 5.75 Å². The molecule has 0 aliphatic rings. The van der Waals surface area contributed by atoms with Gasteiger partial charge in [0.15, 0.2) is 5.16 Å². The van der Waals surface area contributed by atoms with Crippen LogP contribution in [0.15, 0.2) is 66.0 Å². The number of hydrogen-bond donors (Lipinski definition) is 1. The molecule has 0 saturated heterocycles. The molecule has 0 spiro atoms. The van der Waals surface area contributed by atoms with Crippen molar-refractivity contribution in [2.75, 3.05) is 26.6 Å². The lowest BCUT2D eigenvalue weighted by Crippen LogP contribution is -2.36. The Bertz CT molecular complexity index is 943. The van der Waals surface area contributed by atoms with Gasteiger partial charge in [-0.15, -0.1) is 0 Å². The fourth-order valence-electron chi connectivity index (χ4n) is 3.03. The molecular formula is C22H25N3O3S. The molecule has 0 fully saturated rings. The summed E-state index contributed by atoms with van der Waals surface area (Å²) in [6.07, 6.45) is 1.83. The number of rotatable bonds is 9. The number of hydrogen-bond acceptors (Lipinski definition) is 5. The molecule has 1 aromatic heterocycles. The van der Waals surface area contributed by atoms with Crippen molar-refractivity contribution in [3.63, 3.8) is 0 Å². The van der Waals surface area contributed by atoms with Crippen LogP contribution in [0.25, 0.3) is 16.9 Å². The van der Waals surface area contributed by atoms with Gasteiger partial charge in [-0.25, -0.2) is 4.98 Å². The quantitative estimate of drug-likeness (QED) is 0.543. The smallest absolute Gasteiger partial charge is 0.230 e. The molecule has 7 heteroatoms. The predicted molar refractivity (Wildman–Crippen MR) is 116 cm³/mol. The highest BCUT2D eigenvalue weighted by Gasteiger charge is 2.18. The van der Waals surface area contributed by atoms with E-state index in [9.17, 15) is 4.79 Å². The van der Waals surface area contributed by atoms with Gasteiger partial charge in [0.2, 0.25) is 5.91 Å². The summed E-state index contributed by atoms with van der Waals surface area (Å²) in [5.41, 5.74) is 2.85. The van der Waals surface area contributed by atoms with Crippen LogP contribution in [0.2, 0.25) is 0 Å². The maximum Gasteiger partial charge on any atom is 0.230 e. The second-order valence-corrected chi connectivity index (χ2v) is 7.45. The standard InChI is InChI=1S/C22H25N3O3S/c1-16(14-27-2)24-21(26)15-29-22-23-13-19(17-9-5-4-6-10-17)25(22)18-11-7-8-12-20(18)28-3/h4-13,16H,14-15H2,1-3H3,(H,24,26). The van der Waals surface area contributed by atoms with Gasteiger partial charge in [-0.1, -0.05) is 54.2 Å². The molecule has 1 heterocycles. The molecule has 29 heavy (non-hydrogen) atoms. The van der Waals surface area contributed by atoms with E-state index >= 15 is 0 Å². The Hall–Kier alpha value is -2.77. The first kappa shape index (κ1) is 21.0. The molecule has 0 aliphatic carbocycles. The number of aromatic nitrogens is 2. The zero-order chi connectivity index (χ0) is 20.6. The lowest BCUT2D eigenvalue weighted by atomic mass is 10.1. The van der Waals surface area contributed by atoms with Crippen LogP contribution in [0.5, 0.6) is 5.75 Å². The number of ether oxygens (including phenoxy) is 2. The van der Waals surface area contributed by atoms with E-state index in [4.69, 9.17) is 9.47 Å². The molecule has 0 radical (unpaired) electrons. The van der Waals surface area contributed by atoms with Crippen LogP contribution in [0.1, 0.15) is 6.92 Å². The average molecular weight is 412 g/mol. The number of nitrogens with one attached hydrogen (secondary N) is 1. The van der Waals surface area contributed by atoms with Gasteiger partial charge in [-0.2, -0.15) is 0 Å². The van der Waals surface area contributed by atoms with E-state index in [-0.39, 0.29) is 17.7 Å². The van der Waals surface area contributed by atoms with E-state index in [1.807, 2.05) is 72.3 Å². The van der Waals surface area contributed by atoms with Gasteiger partial charge in [0, 0.05) is 18.7 Å². The highest BCUT2D eigenvalue weighted by molar-refractivity contribution is 7.99. The fraction of sp³-hybridized carbons (Fsp3) is 0.273. The molecule has 3 rings (SSSR count). The third kappa shape index (κ3) is 5.19. The Morgan fingerprint density at radius 2 is 1.86 bits per heavy atom. The van der Waals surface area contributed by atoms with E-state index in [0.29, 0.717) is 6.61 Å². The summed E-state index contributed by atoms with van der Waals surface area (Å²) in [7, 11) is 3.27. The minimum Gasteiger partial charge on any atom is -0.495 e. The van der Waals surface area contributed by atoms with Crippen molar-refractivity contribution in [1.82, 2.24) is 14.9 Å². The maximum absolute atomic E-state index is 12.3. The molecule has 0 aliphatic heterocycles. The van der Waals surface area contributed by atoms with Crippen molar-refractivity contribution in [3.8, 4) is 22.7 Å². The number of amides is 1. The molecule has 152 valence electrons. The molecule has 0 saturated carbocycles. The third-order valence-electron chi connectivity index (χ3n) is 4.28. The second kappa shape index (κ2) is 10.1. The summed E-state index contributed by atoms with van der Waals surface area (Å²) >= 11 is 1.39. The molecule has 3 aromatic rings. The van der Waals surface area contributed by atoms with Gasteiger partial charge < -0.3 is 14.8 Å². The van der Waals surface area contributed by atoms with Crippen LogP contribution < -0.4 is 10.1 Å². The lowest BCUT2D eigenvalue weighted by molar-refractivity contribution is -0.119. The number of para-hydroxylation sites is 2. The number of methoxy groups -OCH3 is 2. The van der Waals surface area contributed by atoms with Gasteiger partial charge in [0.05, 0.1) is 37.0 Å². The van der Waals surface area contributed by atoms with Crippen LogP contribution in [-0.4, -0.2) is 48.1 Å². The van der Waals surface area contributed by atoms with Crippen LogP contribution in [0, 0.1) is 0 Å². The van der Waals surface area contributed by atoms with E-state index in [0.717, 1.165) is 27.9 Å². The first-order valence-electron chi connectivity index (χ1n) is 9.31. The minimum atomic E-state index is -0.0598. The van der Waals surface area contributed by atoms with E-state index in [2.05, 4.69) is 10.3 Å². The van der Waals surface area contributed by atoms with Crippen LogP contribution >= 0.6 is 11.8 Å². The number of thioether (sulfide) groups is 1. The molecular weight excluding hydrogens is 386 g/mol. The monoisotopic (exact) mass is 411 g/mol. The molecule has 1 amide bonds. The average Bonchev–Trinajstić information content (AvgIpc) is 3.16. The summed E-state index contributed by atoms with van der Waals surface area (Å²) in [5, 5.41) is 3.65. The summed E-state index contributed by atoms with van der Waals surface area (Å²) in [5.74, 6) is 0.937. The zero-order valence-corrected chi connectivity index (χ0v) is 17.6. The van der Waals surface area contributed by atoms with Crippen molar-refractivity contribution < 1.29 is 14.3 Å². The Labute approximate surface area is 175 Å². The summed E-state index contributed by atoms with van der Waals surface area (Å²) in [6.45, 7) is 2.39. The van der Waals surface area contributed by atoms with E-state index in [1.54, 1.807) is 14.2 Å². The lowest BCUT2D eigenvalue weighted by Gasteiger charge is -2.16. The normalized spacial score (nSPS) is 11.8. The van der Waals surface area contributed by atoms with Crippen molar-refractivity contribution in [2.45, 2.75) is 18.1 Å². The number of benzene rings is 2. The van der Waals surface area contributed by atoms with Crippen molar-refractivity contribution >= 4 is 17.7 Å². The zero-order valence-electron chi connectivity index (χ0n) is 16.8. The van der Waals surface area contributed by atoms with Crippen molar-refractivity contribution in [3.05, 3.63) is 60.8 Å². The van der Waals surface area contributed by atoms with Gasteiger partial charge >= 0.3 is 0 Å². The SMILES string of the molecule is COCC(C)NC(=O)CSc1ncc(-c2ccccc2)n1-c1ccccc1OC. The predicted octanol–water partition coefficient (Wildman–Crippen LogP) is 3.79. The Balaban J connectivity index is 1.92. The molecule has 0 bridgehead atoms. The Morgan fingerprint density at radius 1 is 1.14 bits per heavy atom. The van der Waals surface area contributed by atoms with Crippen LogP contribution in [-0.2, 0) is 9.53 Å². The minimum absolute atomic E-state index is 0.0399. The molecule has 6 nitrogen and oxygen atoms in total. The number of imidazole rings is 1. The number of carbonyl (C=O) groups excluding carboxylic acids is 1. The second-order valence-electron chi connectivity index (χ2n) is 6.51. The van der Waals surface area contributed by atoms with E-state index < -0.39 is 0 Å². The Kier molecular flexibility index (Phi) is 7.32. The van der Waals surface area contributed by atoms with Crippen molar-refractivity contribution in [1.29, 1.82) is 0 Å². The summed E-state index contributed by atoms with van der Waals surface area (Å²) in [4.78, 5) is 16.9. The number of nitrogens with zero attached hydrogens (tertiary/aromatic N) is 2. The van der Waals surface area contributed by atoms with Crippen LogP contribution in [0.3, 0.4) is 0 Å². The third-order valence-corrected chi connectivity index (χ3v) is 5.23. The highest BCUT2D eigenvalue weighted by Crippen LogP contribution is 2.33. The summed E-state index contributed by atoms with van der Waals surface area (Å²) < 4.78 is 12.7. The largest absolute Gasteiger partial charge is 0.495 e. The van der Waals surface area contributed by atoms with Gasteiger partial charge in [-0.3, -0.25) is 9.36 Å².